The van der Waals surface area contributed by atoms with Crippen molar-refractivity contribution in [3.05, 3.63) is 65.3 Å². The fourth-order valence-electron chi connectivity index (χ4n) is 1.66. The smallest absolute Gasteiger partial charge is 0.0241 e. The quantitative estimate of drug-likeness (QED) is 0.634. The lowest BCUT2D eigenvalue weighted by atomic mass is 9.99. The summed E-state index contributed by atoms with van der Waals surface area (Å²) in [5, 5.41) is 0. The van der Waals surface area contributed by atoms with E-state index in [1.165, 1.54) is 29.6 Å². The SMILES string of the molecule is CC.CC1=CC=C(/C=C/c2ccccc2)CC1. The molecule has 0 saturated heterocycles. The fourth-order valence-corrected chi connectivity index (χ4v) is 1.66. The van der Waals surface area contributed by atoms with Crippen LogP contribution in [-0.4, -0.2) is 0 Å². The van der Waals surface area contributed by atoms with Crippen molar-refractivity contribution >= 4 is 6.08 Å². The molecule has 0 fully saturated rings. The second-order valence-corrected chi connectivity index (χ2v) is 4.00. The molecule has 0 unspecified atom stereocenters. The largest absolute Gasteiger partial charge is 0.0730 e. The molecule has 0 heterocycles. The minimum Gasteiger partial charge on any atom is -0.0730 e. The minimum absolute atomic E-state index is 1.17. The second-order valence-electron chi connectivity index (χ2n) is 4.00. The Morgan fingerprint density at radius 1 is 0.882 bits per heavy atom. The fraction of sp³-hybridized carbons (Fsp3) is 0.294. The van der Waals surface area contributed by atoms with Gasteiger partial charge in [-0.25, -0.2) is 0 Å². The highest BCUT2D eigenvalue weighted by Crippen LogP contribution is 2.19. The summed E-state index contributed by atoms with van der Waals surface area (Å²) >= 11 is 0. The Bertz CT molecular complexity index is 405. The molecule has 0 atom stereocenters. The van der Waals surface area contributed by atoms with E-state index in [9.17, 15) is 0 Å². The van der Waals surface area contributed by atoms with Gasteiger partial charge in [0.25, 0.3) is 0 Å². The van der Waals surface area contributed by atoms with E-state index >= 15 is 0 Å². The molecule has 0 aliphatic heterocycles. The van der Waals surface area contributed by atoms with Gasteiger partial charge in [0.2, 0.25) is 0 Å². The minimum atomic E-state index is 1.17. The van der Waals surface area contributed by atoms with E-state index in [4.69, 9.17) is 0 Å². The van der Waals surface area contributed by atoms with E-state index in [1.807, 2.05) is 19.9 Å². The van der Waals surface area contributed by atoms with E-state index < -0.39 is 0 Å². The first-order valence-electron chi connectivity index (χ1n) is 6.44. The van der Waals surface area contributed by atoms with Crippen molar-refractivity contribution in [2.24, 2.45) is 0 Å². The highest BCUT2D eigenvalue weighted by atomic mass is 14.0. The summed E-state index contributed by atoms with van der Waals surface area (Å²) in [6.45, 7) is 6.19. The molecule has 0 N–H and O–H groups in total. The zero-order chi connectivity index (χ0) is 12.5. The van der Waals surface area contributed by atoms with Crippen LogP contribution in [0.15, 0.2) is 59.7 Å². The van der Waals surface area contributed by atoms with Crippen LogP contribution in [0.5, 0.6) is 0 Å². The first kappa shape index (κ1) is 13.5. The lowest BCUT2D eigenvalue weighted by Gasteiger charge is -2.07. The Morgan fingerprint density at radius 2 is 1.59 bits per heavy atom. The van der Waals surface area contributed by atoms with Crippen molar-refractivity contribution in [2.75, 3.05) is 0 Å². The van der Waals surface area contributed by atoms with Crippen molar-refractivity contribution in [1.82, 2.24) is 0 Å². The van der Waals surface area contributed by atoms with Crippen LogP contribution in [0.2, 0.25) is 0 Å². The average Bonchev–Trinajstić information content (AvgIpc) is 2.42. The predicted octanol–water partition coefficient (Wildman–Crippen LogP) is 5.39. The van der Waals surface area contributed by atoms with Crippen molar-refractivity contribution < 1.29 is 0 Å². The summed E-state index contributed by atoms with van der Waals surface area (Å²) in [4.78, 5) is 0. The molecule has 0 aromatic heterocycles. The Hall–Kier alpha value is -1.56. The molecule has 1 aromatic rings. The molecule has 0 saturated carbocycles. The van der Waals surface area contributed by atoms with Gasteiger partial charge in [0.1, 0.15) is 0 Å². The summed E-state index contributed by atoms with van der Waals surface area (Å²) < 4.78 is 0. The van der Waals surface area contributed by atoms with Gasteiger partial charge in [-0.1, -0.05) is 74.1 Å². The molecule has 0 heteroatoms. The maximum absolute atomic E-state index is 2.22. The first-order chi connectivity index (χ1) is 8.34. The maximum Gasteiger partial charge on any atom is -0.0241 e. The third-order valence-electron chi connectivity index (χ3n) is 2.68. The van der Waals surface area contributed by atoms with Gasteiger partial charge in [0.05, 0.1) is 0 Å². The van der Waals surface area contributed by atoms with Crippen LogP contribution in [-0.2, 0) is 0 Å². The van der Waals surface area contributed by atoms with Crippen LogP contribution in [0.1, 0.15) is 39.2 Å². The standard InChI is InChI=1S/C15H16.C2H6/c1-13-7-9-15(10-8-13)12-11-14-5-3-2-4-6-14;1-2/h2-7,9,11-12H,8,10H2,1H3;1-2H3/b12-11+;. The van der Waals surface area contributed by atoms with Gasteiger partial charge in [-0.3, -0.25) is 0 Å². The van der Waals surface area contributed by atoms with E-state index in [-0.39, 0.29) is 0 Å². The summed E-state index contributed by atoms with van der Waals surface area (Å²) in [7, 11) is 0. The second kappa shape index (κ2) is 7.67. The molecule has 90 valence electrons. The highest BCUT2D eigenvalue weighted by Gasteiger charge is 1.99. The van der Waals surface area contributed by atoms with Crippen LogP contribution in [0.25, 0.3) is 6.08 Å². The van der Waals surface area contributed by atoms with Gasteiger partial charge < -0.3 is 0 Å². The third-order valence-corrected chi connectivity index (χ3v) is 2.68. The number of hydrogen-bond donors (Lipinski definition) is 0. The van der Waals surface area contributed by atoms with Gasteiger partial charge >= 0.3 is 0 Å². The summed E-state index contributed by atoms with van der Waals surface area (Å²) in [5.74, 6) is 0. The van der Waals surface area contributed by atoms with Crippen LogP contribution in [0, 0.1) is 0 Å². The van der Waals surface area contributed by atoms with Gasteiger partial charge in [0, 0.05) is 0 Å². The van der Waals surface area contributed by atoms with Gasteiger partial charge in [-0.15, -0.1) is 0 Å². The van der Waals surface area contributed by atoms with Crippen molar-refractivity contribution in [1.29, 1.82) is 0 Å². The lowest BCUT2D eigenvalue weighted by Crippen LogP contribution is -1.87. The monoisotopic (exact) mass is 226 g/mol. The predicted molar refractivity (Wildman–Crippen MR) is 77.9 cm³/mol. The highest BCUT2D eigenvalue weighted by molar-refractivity contribution is 5.53. The van der Waals surface area contributed by atoms with E-state index in [0.717, 1.165) is 0 Å². The zero-order valence-corrected chi connectivity index (χ0v) is 11.1. The number of rotatable bonds is 2. The van der Waals surface area contributed by atoms with Gasteiger partial charge in [0.15, 0.2) is 0 Å². The topological polar surface area (TPSA) is 0 Å². The van der Waals surface area contributed by atoms with E-state index in [2.05, 4.69) is 55.5 Å². The molecule has 0 radical (unpaired) electrons. The average molecular weight is 226 g/mol. The van der Waals surface area contributed by atoms with Crippen LogP contribution in [0.3, 0.4) is 0 Å². The molecule has 1 aromatic carbocycles. The van der Waals surface area contributed by atoms with E-state index in [1.54, 1.807) is 0 Å². The molecular formula is C17H22. The Balaban J connectivity index is 0.000000686. The maximum atomic E-state index is 2.22. The normalized spacial score (nSPS) is 14.8. The molecule has 0 nitrogen and oxygen atoms in total. The third kappa shape index (κ3) is 4.86. The lowest BCUT2D eigenvalue weighted by molar-refractivity contribution is 0.928. The molecule has 1 aliphatic rings. The molecule has 0 spiro atoms. The summed E-state index contributed by atoms with van der Waals surface area (Å²) in [6, 6.07) is 10.4. The van der Waals surface area contributed by atoms with Gasteiger partial charge in [-0.05, 0) is 30.9 Å². The van der Waals surface area contributed by atoms with E-state index in [0.29, 0.717) is 0 Å². The Kier molecular flexibility index (Phi) is 6.09. The van der Waals surface area contributed by atoms with Gasteiger partial charge in [-0.2, -0.15) is 0 Å². The Labute approximate surface area is 105 Å². The van der Waals surface area contributed by atoms with Crippen molar-refractivity contribution in [2.45, 2.75) is 33.6 Å². The molecule has 1 aliphatic carbocycles. The number of benzene rings is 1. The molecular weight excluding hydrogens is 204 g/mol. The van der Waals surface area contributed by atoms with Crippen LogP contribution < -0.4 is 0 Å². The molecule has 2 rings (SSSR count). The summed E-state index contributed by atoms with van der Waals surface area (Å²) in [5.41, 5.74) is 4.17. The summed E-state index contributed by atoms with van der Waals surface area (Å²) in [6.07, 6.45) is 11.2. The van der Waals surface area contributed by atoms with Crippen molar-refractivity contribution in [3.8, 4) is 0 Å². The number of hydrogen-bond acceptors (Lipinski definition) is 0. The number of allylic oxidation sites excluding steroid dienone is 5. The zero-order valence-electron chi connectivity index (χ0n) is 11.1. The molecule has 0 bridgehead atoms. The van der Waals surface area contributed by atoms with Crippen LogP contribution in [0.4, 0.5) is 0 Å². The molecule has 17 heavy (non-hydrogen) atoms. The molecule has 0 amide bonds. The van der Waals surface area contributed by atoms with Crippen LogP contribution >= 0.6 is 0 Å². The first-order valence-corrected chi connectivity index (χ1v) is 6.44. The van der Waals surface area contributed by atoms with Crippen molar-refractivity contribution in [3.63, 3.8) is 0 Å². The Morgan fingerprint density at radius 3 is 2.18 bits per heavy atom.